The minimum Gasteiger partial charge on any atom is -0.255 e. The molecule has 0 N–H and O–H groups in total. The Labute approximate surface area is 83.3 Å². The molecular weight excluding hydrogens is 273 g/mol. The molecule has 0 bridgehead atoms. The maximum absolute atomic E-state index is 12.0. The van der Waals surface area contributed by atoms with Gasteiger partial charge >= 0.3 is 11.0 Å². The molecule has 1 rings (SSSR count). The topological polar surface area (TPSA) is 34.9 Å². The molecule has 0 fully saturated rings. The minimum atomic E-state index is -4.53. The Morgan fingerprint density at radius 1 is 1.54 bits per heavy atom. The van der Waals surface area contributed by atoms with Gasteiger partial charge in [0.05, 0.1) is 6.54 Å². The van der Waals surface area contributed by atoms with Gasteiger partial charge in [-0.25, -0.2) is 4.68 Å². The smallest absolute Gasteiger partial charge is 0.255 e. The summed E-state index contributed by atoms with van der Waals surface area (Å²) in [6.07, 6.45) is -4.53. The largest absolute Gasteiger partial charge is 0.445 e. The van der Waals surface area contributed by atoms with Gasteiger partial charge < -0.3 is 0 Å². The van der Waals surface area contributed by atoms with E-state index in [9.17, 15) is 18.0 Å². The predicted molar refractivity (Wildman–Crippen MR) is 45.2 cm³/mol. The Hall–Kier alpha value is -0.370. The Morgan fingerprint density at radius 2 is 2.15 bits per heavy atom. The van der Waals surface area contributed by atoms with Crippen molar-refractivity contribution in [3.05, 3.63) is 14.7 Å². The predicted octanol–water partition coefficient (Wildman–Crippen LogP) is 1.72. The van der Waals surface area contributed by atoms with Crippen LogP contribution in [0.25, 0.3) is 0 Å². The van der Waals surface area contributed by atoms with E-state index in [4.69, 9.17) is 0 Å². The molecule has 0 aliphatic rings. The molecule has 0 saturated carbocycles. The summed E-state index contributed by atoms with van der Waals surface area (Å²) in [4.78, 5) is 10.2. The first-order valence-corrected chi connectivity index (χ1v) is 5.10. The number of aryl methyl sites for hydroxylation is 1. The molecule has 1 heterocycles. The summed E-state index contributed by atoms with van der Waals surface area (Å²) < 4.78 is 36.8. The van der Waals surface area contributed by atoms with E-state index >= 15 is 0 Å². The second-order valence-corrected chi connectivity index (χ2v) is 3.82. The molecule has 0 amide bonds. The van der Waals surface area contributed by atoms with Crippen LogP contribution in [0.1, 0.15) is 5.01 Å². The highest BCUT2D eigenvalue weighted by Gasteiger charge is 2.35. The van der Waals surface area contributed by atoms with Gasteiger partial charge in [0, 0.05) is 5.33 Å². The standard InChI is InChI=1S/C5H4BrF3N2OS/c6-1-2-11-4(12)13-3(10-11)5(7,8)9/h1-2H2. The van der Waals surface area contributed by atoms with E-state index in [1.54, 1.807) is 0 Å². The van der Waals surface area contributed by atoms with Crippen LogP contribution in [-0.4, -0.2) is 15.1 Å². The SMILES string of the molecule is O=c1sc(C(F)(F)F)nn1CCBr. The number of halogens is 4. The summed E-state index contributed by atoms with van der Waals surface area (Å²) >= 11 is 3.12. The number of hydrogen-bond donors (Lipinski definition) is 0. The van der Waals surface area contributed by atoms with Crippen LogP contribution < -0.4 is 4.87 Å². The van der Waals surface area contributed by atoms with Crippen molar-refractivity contribution in [3.63, 3.8) is 0 Å². The third kappa shape index (κ3) is 2.53. The van der Waals surface area contributed by atoms with Gasteiger partial charge in [-0.3, -0.25) is 4.79 Å². The van der Waals surface area contributed by atoms with Crippen LogP contribution in [0.5, 0.6) is 0 Å². The molecule has 0 saturated heterocycles. The second kappa shape index (κ2) is 3.79. The Morgan fingerprint density at radius 3 is 2.54 bits per heavy atom. The third-order valence-corrected chi connectivity index (χ3v) is 2.39. The van der Waals surface area contributed by atoms with Crippen LogP contribution in [0.4, 0.5) is 13.2 Å². The molecule has 0 aliphatic heterocycles. The van der Waals surface area contributed by atoms with E-state index in [0.717, 1.165) is 4.68 Å². The van der Waals surface area contributed by atoms with E-state index in [0.29, 0.717) is 5.33 Å². The number of nitrogens with zero attached hydrogens (tertiary/aromatic N) is 2. The van der Waals surface area contributed by atoms with Crippen molar-refractivity contribution in [2.45, 2.75) is 12.7 Å². The Kier molecular flexibility index (Phi) is 3.12. The molecule has 74 valence electrons. The van der Waals surface area contributed by atoms with Crippen molar-refractivity contribution in [3.8, 4) is 0 Å². The molecule has 0 atom stereocenters. The van der Waals surface area contributed by atoms with E-state index in [1.807, 2.05) is 0 Å². The first-order chi connectivity index (χ1) is 5.95. The molecule has 0 unspecified atom stereocenters. The highest BCUT2D eigenvalue weighted by Crippen LogP contribution is 2.28. The minimum absolute atomic E-state index is 0.112. The summed E-state index contributed by atoms with van der Waals surface area (Å²) in [5, 5.41) is 2.44. The van der Waals surface area contributed by atoms with E-state index in [2.05, 4.69) is 21.0 Å². The van der Waals surface area contributed by atoms with Crippen LogP contribution in [0.3, 0.4) is 0 Å². The molecule has 1 aromatic rings. The molecule has 0 aliphatic carbocycles. The maximum atomic E-state index is 12.0. The number of rotatable bonds is 2. The zero-order valence-corrected chi connectivity index (χ0v) is 8.54. The lowest BCUT2D eigenvalue weighted by Gasteiger charge is -1.98. The molecule has 1 aromatic heterocycles. The van der Waals surface area contributed by atoms with Crippen molar-refractivity contribution in [2.75, 3.05) is 5.33 Å². The summed E-state index contributed by atoms with van der Waals surface area (Å²) in [7, 11) is 0. The molecule has 0 spiro atoms. The van der Waals surface area contributed by atoms with Crippen molar-refractivity contribution < 1.29 is 13.2 Å². The van der Waals surface area contributed by atoms with Crippen molar-refractivity contribution in [1.82, 2.24) is 9.78 Å². The molecule has 8 heteroatoms. The fourth-order valence-electron chi connectivity index (χ4n) is 0.642. The van der Waals surface area contributed by atoms with Gasteiger partial charge in [0.25, 0.3) is 0 Å². The first-order valence-electron chi connectivity index (χ1n) is 3.16. The van der Waals surface area contributed by atoms with Crippen molar-refractivity contribution in [1.29, 1.82) is 0 Å². The number of aromatic nitrogens is 2. The molecule has 0 aromatic carbocycles. The van der Waals surface area contributed by atoms with Crippen LogP contribution >= 0.6 is 27.3 Å². The van der Waals surface area contributed by atoms with Gasteiger partial charge in [-0.2, -0.15) is 18.3 Å². The lowest BCUT2D eigenvalue weighted by molar-refractivity contribution is -0.138. The number of hydrogen-bond acceptors (Lipinski definition) is 3. The Bertz CT molecular complexity index is 344. The van der Waals surface area contributed by atoms with Crippen LogP contribution in [0.15, 0.2) is 4.79 Å². The zero-order chi connectivity index (χ0) is 10.1. The monoisotopic (exact) mass is 276 g/mol. The fourth-order valence-corrected chi connectivity index (χ4v) is 1.64. The van der Waals surface area contributed by atoms with Gasteiger partial charge in [-0.1, -0.05) is 15.9 Å². The van der Waals surface area contributed by atoms with Gasteiger partial charge in [-0.05, 0) is 11.3 Å². The highest BCUT2D eigenvalue weighted by atomic mass is 79.9. The van der Waals surface area contributed by atoms with E-state index < -0.39 is 16.1 Å². The Balaban J connectivity index is 3.02. The lowest BCUT2D eigenvalue weighted by Crippen LogP contribution is -2.15. The average molecular weight is 277 g/mol. The van der Waals surface area contributed by atoms with E-state index in [-0.39, 0.29) is 17.9 Å². The first kappa shape index (κ1) is 10.7. The lowest BCUT2D eigenvalue weighted by atomic mass is 10.7. The van der Waals surface area contributed by atoms with Crippen LogP contribution in [0, 0.1) is 0 Å². The van der Waals surface area contributed by atoms with Crippen molar-refractivity contribution >= 4 is 27.3 Å². The highest BCUT2D eigenvalue weighted by molar-refractivity contribution is 9.09. The number of alkyl halides is 4. The molecule has 0 radical (unpaired) electrons. The average Bonchev–Trinajstić information content (AvgIpc) is 2.32. The van der Waals surface area contributed by atoms with Gasteiger partial charge in [-0.15, -0.1) is 0 Å². The fraction of sp³-hybridized carbons (Fsp3) is 0.600. The summed E-state index contributed by atoms with van der Waals surface area (Å²) in [5.41, 5.74) is 0. The molecule has 13 heavy (non-hydrogen) atoms. The summed E-state index contributed by atoms with van der Waals surface area (Å²) in [6, 6.07) is 0. The second-order valence-electron chi connectivity index (χ2n) is 2.08. The molecule has 3 nitrogen and oxygen atoms in total. The van der Waals surface area contributed by atoms with Gasteiger partial charge in [0.1, 0.15) is 0 Å². The van der Waals surface area contributed by atoms with Gasteiger partial charge in [0.15, 0.2) is 0 Å². The summed E-state index contributed by atoms with van der Waals surface area (Å²) in [6.45, 7) is 0.144. The maximum Gasteiger partial charge on any atom is 0.445 e. The summed E-state index contributed by atoms with van der Waals surface area (Å²) in [5.74, 6) is 0. The third-order valence-electron chi connectivity index (χ3n) is 1.15. The van der Waals surface area contributed by atoms with Crippen molar-refractivity contribution in [2.24, 2.45) is 0 Å². The van der Waals surface area contributed by atoms with E-state index in [1.165, 1.54) is 0 Å². The normalized spacial score (nSPS) is 12.0. The van der Waals surface area contributed by atoms with Crippen LogP contribution in [-0.2, 0) is 12.7 Å². The zero-order valence-electron chi connectivity index (χ0n) is 6.14. The van der Waals surface area contributed by atoms with Gasteiger partial charge in [0.2, 0.25) is 5.01 Å². The van der Waals surface area contributed by atoms with Crippen LogP contribution in [0.2, 0.25) is 0 Å². The quantitative estimate of drug-likeness (QED) is 0.771. The molecular formula is C5H4BrF3N2OS.